The molecule has 2 aromatic rings. The van der Waals surface area contributed by atoms with Crippen LogP contribution in [0.4, 0.5) is 0 Å². The number of amidine groups is 1. The maximum Gasteiger partial charge on any atom is 0.173 e. The second-order valence-corrected chi connectivity index (χ2v) is 6.16. The molecule has 0 spiro atoms. The second kappa shape index (κ2) is 6.18. The van der Waals surface area contributed by atoms with Gasteiger partial charge in [-0.1, -0.05) is 29.1 Å². The molecule has 5 heteroatoms. The molecule has 0 unspecified atom stereocenters. The van der Waals surface area contributed by atoms with Crippen LogP contribution in [0.25, 0.3) is 0 Å². The number of nitrogens with two attached hydrogens (primary N) is 1. The average Bonchev–Trinajstić information content (AvgIpc) is 2.41. The zero-order valence-corrected chi connectivity index (χ0v) is 13.5. The fraction of sp³-hybridized carbons (Fsp3) is 0.250. The maximum atomic E-state index is 9.00. The molecule has 0 bridgehead atoms. The smallest absolute Gasteiger partial charge is 0.173 e. The van der Waals surface area contributed by atoms with Gasteiger partial charge in [-0.15, -0.1) is 0 Å². The van der Waals surface area contributed by atoms with Crippen LogP contribution in [0.3, 0.4) is 0 Å². The van der Waals surface area contributed by atoms with Gasteiger partial charge < -0.3 is 10.9 Å². The summed E-state index contributed by atoms with van der Waals surface area (Å²) in [5.41, 5.74) is 10.6. The van der Waals surface area contributed by atoms with Crippen molar-refractivity contribution >= 4 is 17.6 Å². The lowest BCUT2D eigenvalue weighted by Crippen LogP contribution is -2.17. The lowest BCUT2D eigenvalue weighted by molar-refractivity contribution is 0.318. The topological polar surface area (TPSA) is 71.5 Å². The fourth-order valence-electron chi connectivity index (χ4n) is 2.17. The van der Waals surface area contributed by atoms with Gasteiger partial charge in [-0.05, 0) is 51.0 Å². The molecule has 0 saturated heterocycles. The van der Waals surface area contributed by atoms with Crippen LogP contribution in [0.5, 0.6) is 0 Å². The van der Waals surface area contributed by atoms with E-state index in [4.69, 9.17) is 10.9 Å². The molecule has 2 rings (SSSR count). The number of oxime groups is 1. The van der Waals surface area contributed by atoms with Crippen molar-refractivity contribution in [1.82, 2.24) is 4.98 Å². The summed E-state index contributed by atoms with van der Waals surface area (Å²) in [6.45, 7) is 7.95. The van der Waals surface area contributed by atoms with Gasteiger partial charge in [0.05, 0.1) is 5.56 Å². The molecule has 1 aromatic carbocycles. The molecule has 0 aliphatic rings. The SMILES string of the molecule is Cc1ccc(C)c(Sc2cc(C)nc(C)c2/C(N)=N/O)c1. The maximum absolute atomic E-state index is 9.00. The molecule has 1 aromatic heterocycles. The standard InChI is InChI=1S/C16H19N3OS/c1-9-5-6-10(2)13(7-9)21-14-8-11(3)18-12(4)15(14)16(17)19-20/h5-8,20H,1-4H3,(H2,17,19). The summed E-state index contributed by atoms with van der Waals surface area (Å²) in [4.78, 5) is 6.51. The van der Waals surface area contributed by atoms with Gasteiger partial charge in [-0.2, -0.15) is 0 Å². The molecule has 0 aliphatic carbocycles. The number of hydrogen-bond donors (Lipinski definition) is 2. The minimum Gasteiger partial charge on any atom is -0.409 e. The Morgan fingerprint density at radius 3 is 2.52 bits per heavy atom. The zero-order chi connectivity index (χ0) is 15.6. The quantitative estimate of drug-likeness (QED) is 0.393. The van der Waals surface area contributed by atoms with Crippen LogP contribution in [-0.4, -0.2) is 16.0 Å². The molecular weight excluding hydrogens is 282 g/mol. The van der Waals surface area contributed by atoms with Crippen molar-refractivity contribution < 1.29 is 5.21 Å². The normalized spacial score (nSPS) is 11.7. The van der Waals surface area contributed by atoms with E-state index in [-0.39, 0.29) is 5.84 Å². The lowest BCUT2D eigenvalue weighted by atomic mass is 10.1. The van der Waals surface area contributed by atoms with E-state index in [0.29, 0.717) is 5.56 Å². The molecule has 0 aliphatic heterocycles. The van der Waals surface area contributed by atoms with Gasteiger partial charge in [0.1, 0.15) is 0 Å². The van der Waals surface area contributed by atoms with Crippen molar-refractivity contribution in [2.75, 3.05) is 0 Å². The average molecular weight is 301 g/mol. The first-order valence-electron chi connectivity index (χ1n) is 6.63. The number of rotatable bonds is 3. The molecule has 3 N–H and O–H groups in total. The Bertz CT molecular complexity index is 711. The Balaban J connectivity index is 2.55. The predicted molar refractivity (Wildman–Crippen MR) is 86.3 cm³/mol. The van der Waals surface area contributed by atoms with E-state index in [9.17, 15) is 0 Å². The molecule has 0 amide bonds. The Kier molecular flexibility index (Phi) is 4.53. The van der Waals surface area contributed by atoms with Crippen LogP contribution in [0.2, 0.25) is 0 Å². The second-order valence-electron chi connectivity index (χ2n) is 5.08. The third kappa shape index (κ3) is 3.36. The first kappa shape index (κ1) is 15.4. The highest BCUT2D eigenvalue weighted by Gasteiger charge is 2.15. The summed E-state index contributed by atoms with van der Waals surface area (Å²) >= 11 is 1.62. The molecule has 0 radical (unpaired) electrons. The highest BCUT2D eigenvalue weighted by Crippen LogP contribution is 2.34. The Labute approximate surface area is 129 Å². The third-order valence-corrected chi connectivity index (χ3v) is 4.42. The molecular formula is C16H19N3OS. The Hall–Kier alpha value is -2.01. The van der Waals surface area contributed by atoms with Crippen LogP contribution >= 0.6 is 11.8 Å². The lowest BCUT2D eigenvalue weighted by Gasteiger charge is -2.13. The summed E-state index contributed by atoms with van der Waals surface area (Å²) in [5, 5.41) is 12.1. The summed E-state index contributed by atoms with van der Waals surface area (Å²) < 4.78 is 0. The van der Waals surface area contributed by atoms with Crippen LogP contribution in [0.1, 0.15) is 28.1 Å². The van der Waals surface area contributed by atoms with Gasteiger partial charge in [-0.25, -0.2) is 0 Å². The van der Waals surface area contributed by atoms with Crippen molar-refractivity contribution in [3.8, 4) is 0 Å². The van der Waals surface area contributed by atoms with Gasteiger partial charge in [0.2, 0.25) is 0 Å². The molecule has 110 valence electrons. The number of aryl methyl sites for hydroxylation is 4. The number of pyridine rings is 1. The van der Waals surface area contributed by atoms with Crippen molar-refractivity contribution in [2.45, 2.75) is 37.5 Å². The summed E-state index contributed by atoms with van der Waals surface area (Å²) in [6.07, 6.45) is 0. The van der Waals surface area contributed by atoms with Crippen LogP contribution in [0, 0.1) is 27.7 Å². The van der Waals surface area contributed by atoms with Crippen LogP contribution < -0.4 is 5.73 Å². The van der Waals surface area contributed by atoms with E-state index in [1.54, 1.807) is 11.8 Å². The molecule has 4 nitrogen and oxygen atoms in total. The largest absolute Gasteiger partial charge is 0.409 e. The number of benzene rings is 1. The molecule has 0 atom stereocenters. The molecule has 21 heavy (non-hydrogen) atoms. The van der Waals surface area contributed by atoms with Gasteiger partial charge in [-0.3, -0.25) is 4.98 Å². The van der Waals surface area contributed by atoms with Gasteiger partial charge in [0, 0.05) is 21.2 Å². The van der Waals surface area contributed by atoms with E-state index in [0.717, 1.165) is 21.2 Å². The predicted octanol–water partition coefficient (Wildman–Crippen LogP) is 3.56. The van der Waals surface area contributed by atoms with Crippen molar-refractivity contribution in [3.63, 3.8) is 0 Å². The van der Waals surface area contributed by atoms with E-state index < -0.39 is 0 Å². The highest BCUT2D eigenvalue weighted by molar-refractivity contribution is 7.99. The summed E-state index contributed by atoms with van der Waals surface area (Å²) in [6, 6.07) is 8.29. The summed E-state index contributed by atoms with van der Waals surface area (Å²) in [5.74, 6) is 0.0906. The Morgan fingerprint density at radius 1 is 1.14 bits per heavy atom. The van der Waals surface area contributed by atoms with Crippen molar-refractivity contribution in [3.05, 3.63) is 52.3 Å². The Morgan fingerprint density at radius 2 is 1.86 bits per heavy atom. The van der Waals surface area contributed by atoms with E-state index in [2.05, 4.69) is 42.2 Å². The van der Waals surface area contributed by atoms with Crippen molar-refractivity contribution in [1.29, 1.82) is 0 Å². The highest BCUT2D eigenvalue weighted by atomic mass is 32.2. The van der Waals surface area contributed by atoms with Gasteiger partial charge in [0.25, 0.3) is 0 Å². The molecule has 0 fully saturated rings. The van der Waals surface area contributed by atoms with Crippen LogP contribution in [0.15, 0.2) is 39.2 Å². The first-order valence-corrected chi connectivity index (χ1v) is 7.45. The van der Waals surface area contributed by atoms with E-state index >= 15 is 0 Å². The zero-order valence-electron chi connectivity index (χ0n) is 12.6. The minimum absolute atomic E-state index is 0.0906. The van der Waals surface area contributed by atoms with Crippen LogP contribution in [-0.2, 0) is 0 Å². The minimum atomic E-state index is 0.0906. The summed E-state index contributed by atoms with van der Waals surface area (Å²) in [7, 11) is 0. The number of nitrogens with zero attached hydrogens (tertiary/aromatic N) is 2. The van der Waals surface area contributed by atoms with Gasteiger partial charge >= 0.3 is 0 Å². The molecule has 0 saturated carbocycles. The number of hydrogen-bond acceptors (Lipinski definition) is 4. The number of aromatic nitrogens is 1. The monoisotopic (exact) mass is 301 g/mol. The third-order valence-electron chi connectivity index (χ3n) is 3.22. The molecule has 1 heterocycles. The first-order chi connectivity index (χ1) is 9.92. The van der Waals surface area contributed by atoms with E-state index in [1.807, 2.05) is 19.9 Å². The van der Waals surface area contributed by atoms with E-state index in [1.165, 1.54) is 11.1 Å². The van der Waals surface area contributed by atoms with Crippen molar-refractivity contribution in [2.24, 2.45) is 10.9 Å². The van der Waals surface area contributed by atoms with Gasteiger partial charge in [0.15, 0.2) is 5.84 Å². The fourth-order valence-corrected chi connectivity index (χ4v) is 3.47.